The Labute approximate surface area is 182 Å². The van der Waals surface area contributed by atoms with Crippen molar-refractivity contribution in [2.45, 2.75) is 0 Å². The lowest BCUT2D eigenvalue weighted by atomic mass is 10.0. The molecule has 0 atom stereocenters. The molecule has 1 N–H and O–H groups in total. The molecular formula is C23H18N2O7. The zero-order valence-electron chi connectivity index (χ0n) is 16.9. The first-order chi connectivity index (χ1) is 15.4. The lowest BCUT2D eigenvalue weighted by Gasteiger charge is -2.10. The Morgan fingerprint density at radius 3 is 2.16 bits per heavy atom. The van der Waals surface area contributed by atoms with Gasteiger partial charge in [0.25, 0.3) is 11.6 Å². The molecule has 0 bridgehead atoms. The summed E-state index contributed by atoms with van der Waals surface area (Å²) < 4.78 is 10.0. The summed E-state index contributed by atoms with van der Waals surface area (Å²) in [6, 6.07) is 18.3. The molecule has 0 aliphatic rings. The van der Waals surface area contributed by atoms with E-state index in [-0.39, 0.29) is 28.5 Å². The molecule has 0 fully saturated rings. The first-order valence-corrected chi connectivity index (χ1v) is 9.38. The van der Waals surface area contributed by atoms with Crippen LogP contribution in [0.5, 0.6) is 5.75 Å². The number of ketones is 1. The number of nitro benzene ring substituents is 1. The SMILES string of the molecule is COc1cc([N+](=O)[O-])ccc1NC(=O)COC(=O)c1ccc(C(=O)c2ccccc2)cc1. The number of non-ortho nitro benzene ring substituents is 1. The van der Waals surface area contributed by atoms with Crippen LogP contribution in [0.3, 0.4) is 0 Å². The third-order valence-corrected chi connectivity index (χ3v) is 4.42. The first kappa shape index (κ1) is 22.2. The van der Waals surface area contributed by atoms with E-state index in [0.29, 0.717) is 11.1 Å². The van der Waals surface area contributed by atoms with E-state index in [9.17, 15) is 24.5 Å². The maximum Gasteiger partial charge on any atom is 0.338 e. The van der Waals surface area contributed by atoms with Crippen LogP contribution in [0.1, 0.15) is 26.3 Å². The number of anilines is 1. The van der Waals surface area contributed by atoms with Crippen LogP contribution in [0.25, 0.3) is 0 Å². The van der Waals surface area contributed by atoms with E-state index in [2.05, 4.69) is 5.32 Å². The minimum absolute atomic E-state index is 0.0950. The zero-order valence-corrected chi connectivity index (χ0v) is 16.9. The largest absolute Gasteiger partial charge is 0.494 e. The minimum Gasteiger partial charge on any atom is -0.494 e. The van der Waals surface area contributed by atoms with Crippen LogP contribution in [-0.4, -0.2) is 36.3 Å². The average Bonchev–Trinajstić information content (AvgIpc) is 2.82. The van der Waals surface area contributed by atoms with E-state index < -0.39 is 23.4 Å². The first-order valence-electron chi connectivity index (χ1n) is 9.38. The molecule has 0 radical (unpaired) electrons. The van der Waals surface area contributed by atoms with Gasteiger partial charge in [-0.05, 0) is 18.2 Å². The van der Waals surface area contributed by atoms with Gasteiger partial charge in [0.05, 0.1) is 29.4 Å². The summed E-state index contributed by atoms with van der Waals surface area (Å²) in [6.45, 7) is -0.580. The molecule has 9 nitrogen and oxygen atoms in total. The van der Waals surface area contributed by atoms with E-state index in [4.69, 9.17) is 9.47 Å². The van der Waals surface area contributed by atoms with Gasteiger partial charge in [0.15, 0.2) is 12.4 Å². The van der Waals surface area contributed by atoms with E-state index in [1.54, 1.807) is 24.3 Å². The van der Waals surface area contributed by atoms with Crippen LogP contribution < -0.4 is 10.1 Å². The van der Waals surface area contributed by atoms with Gasteiger partial charge in [0, 0.05) is 17.2 Å². The Morgan fingerprint density at radius 1 is 0.906 bits per heavy atom. The van der Waals surface area contributed by atoms with Crippen molar-refractivity contribution in [3.05, 3.63) is 99.6 Å². The van der Waals surface area contributed by atoms with Gasteiger partial charge in [-0.25, -0.2) is 4.79 Å². The molecule has 0 aliphatic carbocycles. The number of nitro groups is 1. The second-order valence-electron chi connectivity index (χ2n) is 6.54. The number of hydrogen-bond acceptors (Lipinski definition) is 7. The smallest absolute Gasteiger partial charge is 0.338 e. The molecule has 0 spiro atoms. The van der Waals surface area contributed by atoms with Crippen molar-refractivity contribution < 1.29 is 28.8 Å². The standard InChI is InChI=1S/C23H18N2O7/c1-31-20-13-18(25(29)30)11-12-19(20)24-21(26)14-32-23(28)17-9-7-16(8-10-17)22(27)15-5-3-2-4-6-15/h2-13H,14H2,1H3,(H,24,26). The van der Waals surface area contributed by atoms with Gasteiger partial charge < -0.3 is 14.8 Å². The highest BCUT2D eigenvalue weighted by atomic mass is 16.6. The Balaban J connectivity index is 1.58. The number of rotatable bonds is 8. The van der Waals surface area contributed by atoms with E-state index in [0.717, 1.165) is 0 Å². The Morgan fingerprint density at radius 2 is 1.53 bits per heavy atom. The summed E-state index contributed by atoms with van der Waals surface area (Å²) >= 11 is 0. The lowest BCUT2D eigenvalue weighted by molar-refractivity contribution is -0.384. The highest BCUT2D eigenvalue weighted by Gasteiger charge is 2.16. The number of nitrogens with one attached hydrogen (secondary N) is 1. The third kappa shape index (κ3) is 5.33. The molecule has 9 heteroatoms. The summed E-state index contributed by atoms with van der Waals surface area (Å²) in [5, 5.41) is 13.3. The summed E-state index contributed by atoms with van der Waals surface area (Å²) in [5.41, 5.74) is 1.12. The maximum absolute atomic E-state index is 12.4. The molecule has 0 saturated carbocycles. The summed E-state index contributed by atoms with van der Waals surface area (Å²) in [6.07, 6.45) is 0. The van der Waals surface area contributed by atoms with Gasteiger partial charge in [-0.3, -0.25) is 19.7 Å². The molecule has 162 valence electrons. The number of benzene rings is 3. The third-order valence-electron chi connectivity index (χ3n) is 4.42. The fourth-order valence-electron chi connectivity index (χ4n) is 2.81. The van der Waals surface area contributed by atoms with Gasteiger partial charge in [-0.15, -0.1) is 0 Å². The van der Waals surface area contributed by atoms with Crippen LogP contribution in [0.15, 0.2) is 72.8 Å². The van der Waals surface area contributed by atoms with E-state index >= 15 is 0 Å². The van der Waals surface area contributed by atoms with E-state index in [1.807, 2.05) is 6.07 Å². The lowest BCUT2D eigenvalue weighted by Crippen LogP contribution is -2.21. The molecule has 3 aromatic rings. The second kappa shape index (κ2) is 9.98. The van der Waals surface area contributed by atoms with Crippen LogP contribution >= 0.6 is 0 Å². The van der Waals surface area contributed by atoms with Crippen molar-refractivity contribution in [3.8, 4) is 5.75 Å². The van der Waals surface area contributed by atoms with Crippen molar-refractivity contribution in [1.29, 1.82) is 0 Å². The average molecular weight is 434 g/mol. The Kier molecular flexibility index (Phi) is 6.92. The number of carbonyl (C=O) groups excluding carboxylic acids is 3. The topological polar surface area (TPSA) is 125 Å². The van der Waals surface area contributed by atoms with Gasteiger partial charge >= 0.3 is 5.97 Å². The normalized spacial score (nSPS) is 10.2. The molecule has 0 heterocycles. The van der Waals surface area contributed by atoms with Crippen LogP contribution in [0, 0.1) is 10.1 Å². The molecule has 0 saturated heterocycles. The maximum atomic E-state index is 12.4. The Hall–Kier alpha value is -4.53. The van der Waals surface area contributed by atoms with Crippen molar-refractivity contribution >= 4 is 29.0 Å². The molecule has 0 unspecified atom stereocenters. The molecule has 0 aromatic heterocycles. The predicted molar refractivity (Wildman–Crippen MR) is 115 cm³/mol. The van der Waals surface area contributed by atoms with Gasteiger partial charge in [-0.2, -0.15) is 0 Å². The quantitative estimate of drug-likeness (QED) is 0.248. The van der Waals surface area contributed by atoms with Crippen LogP contribution in [0.2, 0.25) is 0 Å². The minimum atomic E-state index is -0.741. The number of esters is 1. The highest BCUT2D eigenvalue weighted by molar-refractivity contribution is 6.09. The van der Waals surface area contributed by atoms with Crippen molar-refractivity contribution in [3.63, 3.8) is 0 Å². The second-order valence-corrected chi connectivity index (χ2v) is 6.54. The van der Waals surface area contributed by atoms with Crippen LogP contribution in [-0.2, 0) is 9.53 Å². The number of carbonyl (C=O) groups is 3. The molecular weight excluding hydrogens is 416 g/mol. The zero-order chi connectivity index (χ0) is 23.1. The van der Waals surface area contributed by atoms with Gasteiger partial charge in [-0.1, -0.05) is 42.5 Å². The Bertz CT molecular complexity index is 1160. The fraction of sp³-hybridized carbons (Fsp3) is 0.0870. The molecule has 1 amide bonds. The number of nitrogens with zero attached hydrogens (tertiary/aromatic N) is 1. The van der Waals surface area contributed by atoms with Crippen molar-refractivity contribution in [2.24, 2.45) is 0 Å². The molecule has 3 aromatic carbocycles. The number of amides is 1. The molecule has 0 aliphatic heterocycles. The predicted octanol–water partition coefficient (Wildman–Crippen LogP) is 3.63. The summed E-state index contributed by atoms with van der Waals surface area (Å²) in [7, 11) is 1.31. The molecule has 3 rings (SSSR count). The summed E-state index contributed by atoms with van der Waals surface area (Å²) in [5.74, 6) is -1.48. The monoisotopic (exact) mass is 434 g/mol. The van der Waals surface area contributed by atoms with Crippen molar-refractivity contribution in [1.82, 2.24) is 0 Å². The van der Waals surface area contributed by atoms with Crippen molar-refractivity contribution in [2.75, 3.05) is 19.0 Å². The molecule has 32 heavy (non-hydrogen) atoms. The van der Waals surface area contributed by atoms with Gasteiger partial charge in [0.2, 0.25) is 0 Å². The number of ether oxygens (including phenoxy) is 2. The van der Waals surface area contributed by atoms with Crippen LogP contribution in [0.4, 0.5) is 11.4 Å². The summed E-state index contributed by atoms with van der Waals surface area (Å²) in [4.78, 5) is 47.0. The number of hydrogen-bond donors (Lipinski definition) is 1. The van der Waals surface area contributed by atoms with E-state index in [1.165, 1.54) is 49.6 Å². The fourth-order valence-corrected chi connectivity index (χ4v) is 2.81. The number of methoxy groups -OCH3 is 1. The highest BCUT2D eigenvalue weighted by Crippen LogP contribution is 2.28. The van der Waals surface area contributed by atoms with Gasteiger partial charge in [0.1, 0.15) is 5.75 Å².